The maximum atomic E-state index is 5.90. The molecule has 1 aliphatic rings. The Bertz CT molecular complexity index is 313. The van der Waals surface area contributed by atoms with E-state index in [-0.39, 0.29) is 0 Å². The van der Waals surface area contributed by atoms with Gasteiger partial charge in [0.2, 0.25) is 0 Å². The van der Waals surface area contributed by atoms with Gasteiger partial charge in [0.15, 0.2) is 0 Å². The zero-order valence-electron chi connectivity index (χ0n) is 10.2. The topological polar surface area (TPSA) is 43.8 Å². The molecule has 1 aromatic heterocycles. The van der Waals surface area contributed by atoms with Crippen LogP contribution in [0.3, 0.4) is 0 Å². The van der Waals surface area contributed by atoms with Crippen LogP contribution in [0.5, 0.6) is 0 Å². The summed E-state index contributed by atoms with van der Waals surface area (Å²) in [5.74, 6) is 2.78. The first-order chi connectivity index (χ1) is 7.81. The molecule has 1 fully saturated rings. The van der Waals surface area contributed by atoms with Gasteiger partial charge in [0.1, 0.15) is 5.82 Å². The number of hydrogen-bond acceptors (Lipinski definition) is 2. The molecule has 3 heteroatoms. The minimum atomic E-state index is 0.708. The Balaban J connectivity index is 1.85. The van der Waals surface area contributed by atoms with Crippen LogP contribution in [0.4, 0.5) is 0 Å². The number of aromatic nitrogens is 2. The first kappa shape index (κ1) is 11.6. The highest BCUT2D eigenvalue weighted by Crippen LogP contribution is 2.33. The van der Waals surface area contributed by atoms with E-state index in [4.69, 9.17) is 5.73 Å². The molecular formula is C13H23N3. The molecule has 1 unspecified atom stereocenters. The van der Waals surface area contributed by atoms with Gasteiger partial charge in [-0.05, 0) is 24.8 Å². The van der Waals surface area contributed by atoms with E-state index < -0.39 is 0 Å². The van der Waals surface area contributed by atoms with Crippen molar-refractivity contribution in [2.75, 3.05) is 6.54 Å². The van der Waals surface area contributed by atoms with Gasteiger partial charge in [-0.25, -0.2) is 4.98 Å². The molecule has 0 amide bonds. The highest BCUT2D eigenvalue weighted by atomic mass is 15.0. The lowest BCUT2D eigenvalue weighted by Gasteiger charge is -2.21. The number of nitrogens with two attached hydrogens (primary N) is 1. The van der Waals surface area contributed by atoms with Crippen LogP contribution < -0.4 is 5.73 Å². The summed E-state index contributed by atoms with van der Waals surface area (Å²) in [6.45, 7) is 0.842. The summed E-state index contributed by atoms with van der Waals surface area (Å²) in [5.41, 5.74) is 5.90. The van der Waals surface area contributed by atoms with Crippen molar-refractivity contribution in [1.82, 2.24) is 9.55 Å². The van der Waals surface area contributed by atoms with Gasteiger partial charge < -0.3 is 10.3 Å². The number of imidazole rings is 1. The van der Waals surface area contributed by atoms with E-state index in [2.05, 4.69) is 16.6 Å². The fraction of sp³-hybridized carbons (Fsp3) is 0.769. The van der Waals surface area contributed by atoms with Crippen LogP contribution in [0.1, 0.15) is 37.9 Å². The van der Waals surface area contributed by atoms with Crippen LogP contribution in [0.15, 0.2) is 12.4 Å². The molecule has 1 aliphatic carbocycles. The van der Waals surface area contributed by atoms with E-state index in [1.165, 1.54) is 37.9 Å². The lowest BCUT2D eigenvalue weighted by molar-refractivity contribution is 0.324. The molecule has 0 radical (unpaired) electrons. The second kappa shape index (κ2) is 5.48. The Labute approximate surface area is 98.1 Å². The van der Waals surface area contributed by atoms with E-state index in [1.54, 1.807) is 0 Å². The molecule has 0 bridgehead atoms. The average molecular weight is 221 g/mol. The predicted octanol–water partition coefficient (Wildman–Crippen LogP) is 2.12. The van der Waals surface area contributed by atoms with Crippen molar-refractivity contribution in [3.63, 3.8) is 0 Å². The van der Waals surface area contributed by atoms with Crippen LogP contribution in [0.2, 0.25) is 0 Å². The molecule has 0 aromatic carbocycles. The van der Waals surface area contributed by atoms with E-state index in [0.717, 1.165) is 18.9 Å². The normalized spacial score (nSPS) is 19.1. The Kier molecular flexibility index (Phi) is 3.99. The van der Waals surface area contributed by atoms with Crippen molar-refractivity contribution >= 4 is 0 Å². The van der Waals surface area contributed by atoms with Gasteiger partial charge >= 0.3 is 0 Å². The molecule has 3 nitrogen and oxygen atoms in total. The van der Waals surface area contributed by atoms with Crippen molar-refractivity contribution in [2.45, 2.75) is 38.5 Å². The van der Waals surface area contributed by atoms with Crippen molar-refractivity contribution in [2.24, 2.45) is 24.6 Å². The number of rotatable bonds is 5. The molecule has 0 saturated heterocycles. The molecule has 1 heterocycles. The average Bonchev–Trinajstić information content (AvgIpc) is 2.92. The SMILES string of the molecule is Cn1ccnc1CCC(CN)C1CCCC1. The molecule has 90 valence electrons. The largest absolute Gasteiger partial charge is 0.338 e. The Morgan fingerprint density at radius 3 is 2.81 bits per heavy atom. The maximum absolute atomic E-state index is 5.90. The number of nitrogens with zero attached hydrogens (tertiary/aromatic N) is 2. The zero-order chi connectivity index (χ0) is 11.4. The predicted molar refractivity (Wildman–Crippen MR) is 66.0 cm³/mol. The minimum absolute atomic E-state index is 0.708. The summed E-state index contributed by atoms with van der Waals surface area (Å²) in [6, 6.07) is 0. The summed E-state index contributed by atoms with van der Waals surface area (Å²) in [4.78, 5) is 4.37. The zero-order valence-corrected chi connectivity index (χ0v) is 10.2. The quantitative estimate of drug-likeness (QED) is 0.827. The van der Waals surface area contributed by atoms with E-state index >= 15 is 0 Å². The van der Waals surface area contributed by atoms with Crippen LogP contribution in [-0.4, -0.2) is 16.1 Å². The van der Waals surface area contributed by atoms with Gasteiger partial charge in [-0.3, -0.25) is 0 Å². The molecule has 1 atom stereocenters. The standard InChI is InChI=1S/C13H23N3/c1-16-9-8-15-13(16)7-6-12(10-14)11-4-2-3-5-11/h8-9,11-12H,2-7,10,14H2,1H3. The molecule has 2 rings (SSSR count). The van der Waals surface area contributed by atoms with E-state index in [0.29, 0.717) is 5.92 Å². The van der Waals surface area contributed by atoms with Gasteiger partial charge in [-0.2, -0.15) is 0 Å². The highest BCUT2D eigenvalue weighted by molar-refractivity contribution is 4.92. The second-order valence-electron chi connectivity index (χ2n) is 5.03. The lowest BCUT2D eigenvalue weighted by atomic mass is 9.87. The monoisotopic (exact) mass is 221 g/mol. The molecule has 0 aliphatic heterocycles. The first-order valence-electron chi connectivity index (χ1n) is 6.47. The number of hydrogen-bond donors (Lipinski definition) is 1. The Morgan fingerprint density at radius 2 is 2.25 bits per heavy atom. The third-order valence-electron chi connectivity index (χ3n) is 4.03. The van der Waals surface area contributed by atoms with Crippen LogP contribution in [-0.2, 0) is 13.5 Å². The van der Waals surface area contributed by atoms with E-state index in [1.807, 2.05) is 12.4 Å². The molecular weight excluding hydrogens is 198 g/mol. The van der Waals surface area contributed by atoms with Crippen LogP contribution in [0.25, 0.3) is 0 Å². The van der Waals surface area contributed by atoms with Gasteiger partial charge in [0.25, 0.3) is 0 Å². The Morgan fingerprint density at radius 1 is 1.50 bits per heavy atom. The second-order valence-corrected chi connectivity index (χ2v) is 5.03. The third kappa shape index (κ3) is 2.64. The smallest absolute Gasteiger partial charge is 0.108 e. The molecule has 0 spiro atoms. The van der Waals surface area contributed by atoms with Crippen LogP contribution >= 0.6 is 0 Å². The number of aryl methyl sites for hydroxylation is 2. The molecule has 16 heavy (non-hydrogen) atoms. The van der Waals surface area contributed by atoms with Crippen molar-refractivity contribution in [1.29, 1.82) is 0 Å². The lowest BCUT2D eigenvalue weighted by Crippen LogP contribution is -2.22. The highest BCUT2D eigenvalue weighted by Gasteiger charge is 2.23. The van der Waals surface area contributed by atoms with Gasteiger partial charge in [0.05, 0.1) is 0 Å². The van der Waals surface area contributed by atoms with Crippen molar-refractivity contribution < 1.29 is 0 Å². The van der Waals surface area contributed by atoms with Crippen molar-refractivity contribution in [3.8, 4) is 0 Å². The maximum Gasteiger partial charge on any atom is 0.108 e. The van der Waals surface area contributed by atoms with Gasteiger partial charge in [-0.1, -0.05) is 25.7 Å². The molecule has 1 aromatic rings. The summed E-state index contributed by atoms with van der Waals surface area (Å²) < 4.78 is 2.11. The fourth-order valence-electron chi connectivity index (χ4n) is 2.93. The summed E-state index contributed by atoms with van der Waals surface area (Å²) >= 11 is 0. The first-order valence-corrected chi connectivity index (χ1v) is 6.47. The Hall–Kier alpha value is -0.830. The van der Waals surface area contributed by atoms with Crippen LogP contribution in [0, 0.1) is 11.8 Å². The van der Waals surface area contributed by atoms with Gasteiger partial charge in [0, 0.05) is 25.9 Å². The third-order valence-corrected chi connectivity index (χ3v) is 4.03. The minimum Gasteiger partial charge on any atom is -0.338 e. The summed E-state index contributed by atoms with van der Waals surface area (Å²) in [5, 5.41) is 0. The van der Waals surface area contributed by atoms with Gasteiger partial charge in [-0.15, -0.1) is 0 Å². The molecule has 2 N–H and O–H groups in total. The summed E-state index contributed by atoms with van der Waals surface area (Å²) in [7, 11) is 2.06. The summed E-state index contributed by atoms with van der Waals surface area (Å²) in [6.07, 6.45) is 11.8. The van der Waals surface area contributed by atoms with E-state index in [9.17, 15) is 0 Å². The van der Waals surface area contributed by atoms with Crippen molar-refractivity contribution in [3.05, 3.63) is 18.2 Å². The molecule has 1 saturated carbocycles. The fourth-order valence-corrected chi connectivity index (χ4v) is 2.93.